The molecule has 0 spiro atoms. The first-order chi connectivity index (χ1) is 14.0. The highest BCUT2D eigenvalue weighted by Gasteiger charge is 2.30. The standard InChI is InChI=1S/C22H25NO6/c1-14(21(24)23-13-7-9-15-8-5-6-10-17(15)23)29-22(25)16-11-12-18(26-2)20(28-4)19(16)27-3/h5-6,8,10-12,14H,7,9,13H2,1-4H3. The third-order valence-electron chi connectivity index (χ3n) is 4.93. The molecule has 2 aromatic rings. The predicted octanol–water partition coefficient (Wildman–Crippen LogP) is 3.24. The number of ether oxygens (including phenoxy) is 4. The number of benzene rings is 2. The van der Waals surface area contributed by atoms with Crippen molar-refractivity contribution in [1.29, 1.82) is 0 Å². The molecule has 1 heterocycles. The number of carbonyl (C=O) groups excluding carboxylic acids is 2. The molecule has 3 rings (SSSR count). The molecule has 1 aliphatic heterocycles. The van der Waals surface area contributed by atoms with E-state index >= 15 is 0 Å². The first-order valence-corrected chi connectivity index (χ1v) is 9.41. The SMILES string of the molecule is COc1ccc(C(=O)OC(C)C(=O)N2CCCc3ccccc32)c(OC)c1OC. The summed E-state index contributed by atoms with van der Waals surface area (Å²) in [6.07, 6.45) is 0.843. The topological polar surface area (TPSA) is 74.3 Å². The van der Waals surface area contributed by atoms with E-state index in [0.717, 1.165) is 24.1 Å². The first kappa shape index (κ1) is 20.5. The molecule has 1 atom stereocenters. The van der Waals surface area contributed by atoms with Gasteiger partial charge >= 0.3 is 5.97 Å². The van der Waals surface area contributed by atoms with Crippen molar-refractivity contribution in [3.8, 4) is 17.2 Å². The summed E-state index contributed by atoms with van der Waals surface area (Å²) < 4.78 is 21.3. The molecule has 1 amide bonds. The van der Waals surface area contributed by atoms with Gasteiger partial charge in [-0.3, -0.25) is 4.79 Å². The summed E-state index contributed by atoms with van der Waals surface area (Å²) in [7, 11) is 4.37. The highest BCUT2D eigenvalue weighted by atomic mass is 16.6. The number of fused-ring (bicyclic) bond motifs is 1. The van der Waals surface area contributed by atoms with Gasteiger partial charge in [0.1, 0.15) is 5.56 Å². The highest BCUT2D eigenvalue weighted by molar-refractivity contribution is 6.00. The minimum absolute atomic E-state index is 0.156. The van der Waals surface area contributed by atoms with Crippen molar-refractivity contribution in [3.05, 3.63) is 47.5 Å². The summed E-state index contributed by atoms with van der Waals surface area (Å²) in [6.45, 7) is 2.17. The summed E-state index contributed by atoms with van der Waals surface area (Å²) in [5, 5.41) is 0. The Morgan fingerprint density at radius 2 is 1.69 bits per heavy atom. The fourth-order valence-electron chi connectivity index (χ4n) is 3.52. The van der Waals surface area contributed by atoms with Gasteiger partial charge in [-0.25, -0.2) is 4.79 Å². The average Bonchev–Trinajstić information content (AvgIpc) is 2.76. The maximum Gasteiger partial charge on any atom is 0.342 e. The quantitative estimate of drug-likeness (QED) is 0.695. The van der Waals surface area contributed by atoms with Gasteiger partial charge in [0.15, 0.2) is 17.6 Å². The van der Waals surface area contributed by atoms with Gasteiger partial charge in [-0.2, -0.15) is 0 Å². The first-order valence-electron chi connectivity index (χ1n) is 9.41. The molecule has 1 unspecified atom stereocenters. The van der Waals surface area contributed by atoms with E-state index in [-0.39, 0.29) is 23.0 Å². The zero-order valence-corrected chi connectivity index (χ0v) is 17.1. The van der Waals surface area contributed by atoms with Crippen molar-refractivity contribution < 1.29 is 28.5 Å². The minimum atomic E-state index is -0.952. The van der Waals surface area contributed by atoms with Crippen LogP contribution in [-0.2, 0) is 16.0 Å². The van der Waals surface area contributed by atoms with E-state index in [0.29, 0.717) is 12.3 Å². The highest BCUT2D eigenvalue weighted by Crippen LogP contribution is 2.40. The third-order valence-corrected chi connectivity index (χ3v) is 4.93. The van der Waals surface area contributed by atoms with Crippen molar-refractivity contribution in [1.82, 2.24) is 0 Å². The van der Waals surface area contributed by atoms with Crippen LogP contribution in [-0.4, -0.2) is 45.9 Å². The minimum Gasteiger partial charge on any atom is -0.493 e. The maximum absolute atomic E-state index is 13.0. The lowest BCUT2D eigenvalue weighted by Crippen LogP contribution is -2.42. The zero-order chi connectivity index (χ0) is 21.0. The Balaban J connectivity index is 1.80. The Hall–Kier alpha value is -3.22. The molecule has 1 aliphatic rings. The maximum atomic E-state index is 13.0. The van der Waals surface area contributed by atoms with Gasteiger partial charge < -0.3 is 23.8 Å². The number of amides is 1. The lowest BCUT2D eigenvalue weighted by molar-refractivity contribution is -0.126. The number of hydrogen-bond donors (Lipinski definition) is 0. The number of carbonyl (C=O) groups is 2. The molecule has 2 aromatic carbocycles. The molecule has 29 heavy (non-hydrogen) atoms. The van der Waals surface area contributed by atoms with E-state index < -0.39 is 12.1 Å². The van der Waals surface area contributed by atoms with E-state index in [9.17, 15) is 9.59 Å². The molecule has 154 valence electrons. The lowest BCUT2D eigenvalue weighted by atomic mass is 10.0. The molecule has 0 N–H and O–H groups in total. The van der Waals surface area contributed by atoms with Gasteiger partial charge in [-0.15, -0.1) is 0 Å². The van der Waals surface area contributed by atoms with Gasteiger partial charge in [0.25, 0.3) is 5.91 Å². The number of esters is 1. The Morgan fingerprint density at radius 3 is 2.38 bits per heavy atom. The molecule has 0 saturated carbocycles. The second-order valence-corrected chi connectivity index (χ2v) is 6.65. The number of para-hydroxylation sites is 1. The zero-order valence-electron chi connectivity index (χ0n) is 17.1. The lowest BCUT2D eigenvalue weighted by Gasteiger charge is -2.31. The smallest absolute Gasteiger partial charge is 0.342 e. The number of aryl methyl sites for hydroxylation is 1. The molecule has 0 aliphatic carbocycles. The largest absolute Gasteiger partial charge is 0.493 e. The number of rotatable bonds is 6. The molecule has 0 bridgehead atoms. The molecular weight excluding hydrogens is 374 g/mol. The van der Waals surface area contributed by atoms with E-state index in [1.807, 2.05) is 24.3 Å². The van der Waals surface area contributed by atoms with Gasteiger partial charge in [0.2, 0.25) is 5.75 Å². The van der Waals surface area contributed by atoms with Gasteiger partial charge in [0, 0.05) is 12.2 Å². The second kappa shape index (κ2) is 8.86. The van der Waals surface area contributed by atoms with Crippen LogP contribution in [0.5, 0.6) is 17.2 Å². The summed E-state index contributed by atoms with van der Waals surface area (Å²) in [6, 6.07) is 10.9. The third kappa shape index (κ3) is 3.99. The number of methoxy groups -OCH3 is 3. The summed E-state index contributed by atoms with van der Waals surface area (Å²) >= 11 is 0. The summed E-state index contributed by atoms with van der Waals surface area (Å²) in [5.41, 5.74) is 2.14. The Morgan fingerprint density at radius 1 is 0.966 bits per heavy atom. The monoisotopic (exact) mass is 399 g/mol. The van der Waals surface area contributed by atoms with Crippen molar-refractivity contribution in [2.24, 2.45) is 0 Å². The van der Waals surface area contributed by atoms with Crippen molar-refractivity contribution in [3.63, 3.8) is 0 Å². The van der Waals surface area contributed by atoms with Crippen LogP contribution in [0.25, 0.3) is 0 Å². The van der Waals surface area contributed by atoms with E-state index in [4.69, 9.17) is 18.9 Å². The Bertz CT molecular complexity index is 910. The van der Waals surface area contributed by atoms with Crippen LogP contribution in [0.15, 0.2) is 36.4 Å². The Labute approximate surface area is 170 Å². The molecule has 7 nitrogen and oxygen atoms in total. The number of anilines is 1. The fraction of sp³-hybridized carbons (Fsp3) is 0.364. The van der Waals surface area contributed by atoms with Gasteiger partial charge in [0.05, 0.1) is 21.3 Å². The van der Waals surface area contributed by atoms with Crippen LogP contribution >= 0.6 is 0 Å². The van der Waals surface area contributed by atoms with Crippen molar-refractivity contribution in [2.45, 2.75) is 25.9 Å². The summed E-state index contributed by atoms with van der Waals surface area (Å²) in [5.74, 6) is -0.0259. The predicted molar refractivity (Wildman–Crippen MR) is 108 cm³/mol. The van der Waals surface area contributed by atoms with Gasteiger partial charge in [-0.05, 0) is 43.5 Å². The van der Waals surface area contributed by atoms with E-state index in [1.165, 1.54) is 27.4 Å². The normalized spacial score (nSPS) is 13.9. The number of nitrogens with zero attached hydrogens (tertiary/aromatic N) is 1. The van der Waals surface area contributed by atoms with Crippen LogP contribution < -0.4 is 19.1 Å². The van der Waals surface area contributed by atoms with Crippen LogP contribution in [0.4, 0.5) is 5.69 Å². The van der Waals surface area contributed by atoms with Crippen molar-refractivity contribution in [2.75, 3.05) is 32.8 Å². The van der Waals surface area contributed by atoms with Crippen LogP contribution in [0.1, 0.15) is 29.3 Å². The van der Waals surface area contributed by atoms with Crippen LogP contribution in [0, 0.1) is 0 Å². The van der Waals surface area contributed by atoms with E-state index in [1.54, 1.807) is 17.9 Å². The number of hydrogen-bond acceptors (Lipinski definition) is 6. The molecule has 0 saturated heterocycles. The fourth-order valence-corrected chi connectivity index (χ4v) is 3.52. The van der Waals surface area contributed by atoms with Crippen molar-refractivity contribution >= 4 is 17.6 Å². The molecular formula is C22H25NO6. The molecule has 7 heteroatoms. The molecule has 0 fully saturated rings. The van der Waals surface area contributed by atoms with Crippen LogP contribution in [0.3, 0.4) is 0 Å². The molecule has 0 radical (unpaired) electrons. The summed E-state index contributed by atoms with van der Waals surface area (Å²) in [4.78, 5) is 27.4. The molecule has 0 aromatic heterocycles. The van der Waals surface area contributed by atoms with Crippen LogP contribution in [0.2, 0.25) is 0 Å². The van der Waals surface area contributed by atoms with E-state index in [2.05, 4.69) is 0 Å². The average molecular weight is 399 g/mol. The van der Waals surface area contributed by atoms with Gasteiger partial charge in [-0.1, -0.05) is 18.2 Å². The Kier molecular flexibility index (Phi) is 6.26. The second-order valence-electron chi connectivity index (χ2n) is 6.65.